The fourth-order valence-electron chi connectivity index (χ4n) is 7.15. The van der Waals surface area contributed by atoms with Gasteiger partial charge in [-0.15, -0.1) is 0 Å². The van der Waals surface area contributed by atoms with E-state index in [1.165, 1.54) is 7.11 Å². The number of methoxy groups -OCH3 is 1. The molecule has 1 aliphatic carbocycles. The molecule has 268 valence electrons. The second kappa shape index (κ2) is 13.6. The van der Waals surface area contributed by atoms with Crippen LogP contribution in [0.5, 0.6) is 5.75 Å². The third-order valence-electron chi connectivity index (χ3n) is 9.55. The van der Waals surface area contributed by atoms with Crippen LogP contribution in [0, 0.1) is 17.3 Å². The molecular weight excluding hydrogens is 701 g/mol. The number of halogens is 6. The van der Waals surface area contributed by atoms with Crippen LogP contribution < -0.4 is 4.74 Å². The first-order valence-electron chi connectivity index (χ1n) is 15.1. The maximum Gasteiger partial charge on any atom is 0.439 e. The molecule has 4 unspecified atom stereocenters. The van der Waals surface area contributed by atoms with Crippen LogP contribution in [0.15, 0.2) is 24.3 Å². The SMILES string of the molecule is COc1ccc(C(=O)C([S+]2CCOCC2)C(C)(C)CC2CC3CCCCC3CN2S(=O)(=O)C(F)(F)C(F)(F)C(F)(F)S(=O)(=O)O)cc1. The third kappa shape index (κ3) is 7.05. The van der Waals surface area contributed by atoms with Crippen molar-refractivity contribution in [2.75, 3.05) is 38.4 Å². The number of hydrogen-bond donors (Lipinski definition) is 1. The zero-order chi connectivity index (χ0) is 35.2. The number of alkyl halides is 6. The first-order chi connectivity index (χ1) is 21.6. The molecule has 0 aromatic heterocycles. The van der Waals surface area contributed by atoms with Gasteiger partial charge in [-0.3, -0.25) is 9.35 Å². The van der Waals surface area contributed by atoms with Gasteiger partial charge < -0.3 is 9.47 Å². The Morgan fingerprint density at radius 1 is 0.979 bits per heavy atom. The van der Waals surface area contributed by atoms with E-state index < -0.39 is 76.6 Å². The summed E-state index contributed by atoms with van der Waals surface area (Å²) in [5.41, 5.74) is -0.810. The van der Waals surface area contributed by atoms with Crippen molar-refractivity contribution in [3.05, 3.63) is 29.8 Å². The molecule has 1 N–H and O–H groups in total. The van der Waals surface area contributed by atoms with Crippen molar-refractivity contribution >= 4 is 36.8 Å². The number of nitrogens with zero attached hydrogens (tertiary/aromatic N) is 1. The number of hydrogen-bond acceptors (Lipinski definition) is 7. The van der Waals surface area contributed by atoms with E-state index in [0.29, 0.717) is 55.3 Å². The Morgan fingerprint density at radius 3 is 2.06 bits per heavy atom. The molecule has 18 heteroatoms. The van der Waals surface area contributed by atoms with E-state index in [1.807, 2.05) is 0 Å². The molecule has 0 spiro atoms. The number of benzene rings is 1. The Bertz CT molecular complexity index is 1500. The van der Waals surface area contributed by atoms with Gasteiger partial charge in [0.05, 0.1) is 20.3 Å². The molecule has 3 fully saturated rings. The molecule has 4 atom stereocenters. The third-order valence-corrected chi connectivity index (χ3v) is 15.3. The second-order valence-electron chi connectivity index (χ2n) is 13.1. The van der Waals surface area contributed by atoms with Crippen molar-refractivity contribution in [3.8, 4) is 5.75 Å². The molecule has 2 heterocycles. The lowest BCUT2D eigenvalue weighted by atomic mass is 9.70. The van der Waals surface area contributed by atoms with Gasteiger partial charge in [0.2, 0.25) is 5.78 Å². The highest BCUT2D eigenvalue weighted by molar-refractivity contribution is 7.98. The fourth-order valence-corrected chi connectivity index (χ4v) is 12.1. The van der Waals surface area contributed by atoms with Crippen molar-refractivity contribution in [1.29, 1.82) is 0 Å². The van der Waals surface area contributed by atoms with Crippen molar-refractivity contribution in [3.63, 3.8) is 0 Å². The molecule has 9 nitrogen and oxygen atoms in total. The number of sulfonamides is 1. The summed E-state index contributed by atoms with van der Waals surface area (Å²) in [6.07, 6.45) is 2.06. The summed E-state index contributed by atoms with van der Waals surface area (Å²) in [5.74, 6) is -6.57. The summed E-state index contributed by atoms with van der Waals surface area (Å²) in [6.45, 7) is 3.36. The van der Waals surface area contributed by atoms with E-state index >= 15 is 8.78 Å². The summed E-state index contributed by atoms with van der Waals surface area (Å²) in [5, 5.41) is -14.2. The Labute approximate surface area is 273 Å². The largest absolute Gasteiger partial charge is 0.497 e. The van der Waals surface area contributed by atoms with Crippen LogP contribution in [0.1, 0.15) is 62.7 Å². The van der Waals surface area contributed by atoms with Gasteiger partial charge in [0.15, 0.2) is 5.25 Å². The normalized spacial score (nSPS) is 25.2. The molecule has 1 saturated carbocycles. The van der Waals surface area contributed by atoms with Crippen molar-refractivity contribution in [1.82, 2.24) is 4.31 Å². The average Bonchev–Trinajstić information content (AvgIpc) is 3.00. The maximum absolute atomic E-state index is 15.4. The van der Waals surface area contributed by atoms with E-state index in [4.69, 9.17) is 14.0 Å². The molecule has 1 aromatic rings. The molecule has 3 aliphatic rings. The van der Waals surface area contributed by atoms with Crippen molar-refractivity contribution in [2.24, 2.45) is 17.3 Å². The number of Topliss-reactive ketones (excluding diaryl/α,β-unsaturated/α-hetero) is 1. The van der Waals surface area contributed by atoms with Crippen LogP contribution in [0.3, 0.4) is 0 Å². The lowest BCUT2D eigenvalue weighted by Gasteiger charge is -2.49. The van der Waals surface area contributed by atoms with Crippen molar-refractivity contribution < 1.29 is 62.0 Å². The highest BCUT2D eigenvalue weighted by Gasteiger charge is 2.83. The molecule has 4 rings (SSSR count). The Morgan fingerprint density at radius 2 is 1.53 bits per heavy atom. The highest BCUT2D eigenvalue weighted by atomic mass is 32.2. The fraction of sp³-hybridized carbons (Fsp3) is 0.759. The standard InChI is InChI=1S/C29H39F6NO8S3/c1-26(2,25(45-14-12-44-13-15-45)24(37)19-8-10-23(43-3)11-9-19)17-22-16-20-6-4-5-7-21(20)18-36(22)46(38,39)28(32,33)27(30,31)29(34,35)47(40,41)42/h8-11,20-22,25H,4-7,12-18H2,1-3H3/p+1. The molecule has 2 aliphatic heterocycles. The summed E-state index contributed by atoms with van der Waals surface area (Å²) < 4.78 is 157. The molecule has 47 heavy (non-hydrogen) atoms. The molecule has 0 amide bonds. The molecule has 0 radical (unpaired) electrons. The zero-order valence-corrected chi connectivity index (χ0v) is 28.6. The van der Waals surface area contributed by atoms with Gasteiger partial charge in [-0.05, 0) is 55.4 Å². The number of rotatable bonds is 12. The average molecular weight is 741 g/mol. The van der Waals surface area contributed by atoms with Crippen LogP contribution in [0.25, 0.3) is 0 Å². The molecule has 2 saturated heterocycles. The van der Waals surface area contributed by atoms with Crippen molar-refractivity contribution in [2.45, 2.75) is 80.1 Å². The van der Waals surface area contributed by atoms with Gasteiger partial charge >= 0.3 is 26.5 Å². The minimum absolute atomic E-state index is 0.0516. The zero-order valence-electron chi connectivity index (χ0n) is 26.1. The van der Waals surface area contributed by atoms with E-state index in [2.05, 4.69) is 0 Å². The Hall–Kier alpha value is -1.60. The summed E-state index contributed by atoms with van der Waals surface area (Å²) in [6, 6.07) is 4.90. The monoisotopic (exact) mass is 740 g/mol. The van der Waals surface area contributed by atoms with Crippen LogP contribution in [-0.4, -0.2) is 97.6 Å². The minimum Gasteiger partial charge on any atom is -0.497 e. The van der Waals surface area contributed by atoms with Crippen LogP contribution in [0.4, 0.5) is 26.3 Å². The molecule has 0 bridgehead atoms. The quantitative estimate of drug-likeness (QED) is 0.134. The van der Waals surface area contributed by atoms with E-state index in [0.717, 1.165) is 6.42 Å². The van der Waals surface area contributed by atoms with Gasteiger partial charge in [0.25, 0.3) is 10.0 Å². The minimum atomic E-state index is -7.16. The maximum atomic E-state index is 15.4. The van der Waals surface area contributed by atoms with Gasteiger partial charge in [-0.25, -0.2) is 8.42 Å². The number of piperidine rings is 1. The number of carbonyl (C=O) groups is 1. The van der Waals surface area contributed by atoms with E-state index in [9.17, 15) is 39.2 Å². The Kier molecular flexibility index (Phi) is 11.1. The number of carbonyl (C=O) groups excluding carboxylic acids is 1. The predicted molar refractivity (Wildman–Crippen MR) is 163 cm³/mol. The molecule has 1 aromatic carbocycles. The topological polar surface area (TPSA) is 127 Å². The van der Waals surface area contributed by atoms with Gasteiger partial charge in [0.1, 0.15) is 17.3 Å². The smallest absolute Gasteiger partial charge is 0.439 e. The van der Waals surface area contributed by atoms with E-state index in [-0.39, 0.29) is 28.8 Å². The second-order valence-corrected chi connectivity index (χ2v) is 18.8. The van der Waals surface area contributed by atoms with E-state index in [1.54, 1.807) is 38.1 Å². The summed E-state index contributed by atoms with van der Waals surface area (Å²) in [4.78, 5) is 14.1. The van der Waals surface area contributed by atoms with Crippen LogP contribution in [0.2, 0.25) is 0 Å². The molecular formula is C29H40F6NO8S3+. The van der Waals surface area contributed by atoms with Gasteiger partial charge in [-0.1, -0.05) is 33.1 Å². The van der Waals surface area contributed by atoms with Crippen LogP contribution in [-0.2, 0) is 35.8 Å². The first-order valence-corrected chi connectivity index (χ1v) is 19.6. The van der Waals surface area contributed by atoms with Crippen LogP contribution >= 0.6 is 0 Å². The number of fused-ring (bicyclic) bond motifs is 1. The predicted octanol–water partition coefficient (Wildman–Crippen LogP) is 5.23. The first kappa shape index (κ1) is 38.2. The van der Waals surface area contributed by atoms with Gasteiger partial charge in [0, 0.05) is 34.5 Å². The number of ketones is 1. The number of ether oxygens (including phenoxy) is 2. The Balaban J connectivity index is 1.76. The lowest BCUT2D eigenvalue weighted by Crippen LogP contribution is -2.65. The summed E-state index contributed by atoms with van der Waals surface area (Å²) >= 11 is 0. The highest BCUT2D eigenvalue weighted by Crippen LogP contribution is 2.53. The summed E-state index contributed by atoms with van der Waals surface area (Å²) in [7, 11) is -13.0. The van der Waals surface area contributed by atoms with Gasteiger partial charge in [-0.2, -0.15) is 39.1 Å². The lowest BCUT2D eigenvalue weighted by molar-refractivity contribution is -0.247.